The van der Waals surface area contributed by atoms with E-state index in [1.165, 1.54) is 6.07 Å². The minimum absolute atomic E-state index is 0.162. The lowest BCUT2D eigenvalue weighted by molar-refractivity contribution is -0.146. The van der Waals surface area contributed by atoms with Gasteiger partial charge in [-0.05, 0) is 19.1 Å². The molecule has 6 nitrogen and oxygen atoms in total. The monoisotopic (exact) mass is 257 g/mol. The standard InChI is InChI=1S/C10H12ClN3O3/c1-2-17-10(16)8(12)9(15)14-7-5-3-4-6(11)13-7/h3-5,8H,2,12H2,1H3,(H,13,14,15). The first-order valence-electron chi connectivity index (χ1n) is 4.90. The Hall–Kier alpha value is -1.66. The molecule has 1 aromatic rings. The molecule has 0 aliphatic heterocycles. The van der Waals surface area contributed by atoms with Crippen molar-refractivity contribution in [2.24, 2.45) is 5.73 Å². The number of nitrogens with zero attached hydrogens (tertiary/aromatic N) is 1. The van der Waals surface area contributed by atoms with Crippen LogP contribution in [-0.4, -0.2) is 29.5 Å². The van der Waals surface area contributed by atoms with Crippen LogP contribution in [0.5, 0.6) is 0 Å². The number of rotatable bonds is 4. The fraction of sp³-hybridized carbons (Fsp3) is 0.300. The van der Waals surface area contributed by atoms with E-state index in [4.69, 9.17) is 17.3 Å². The number of carbonyl (C=O) groups excluding carboxylic acids is 2. The van der Waals surface area contributed by atoms with Gasteiger partial charge in [-0.15, -0.1) is 0 Å². The van der Waals surface area contributed by atoms with Crippen molar-refractivity contribution in [3.8, 4) is 0 Å². The van der Waals surface area contributed by atoms with Crippen molar-refractivity contribution in [1.82, 2.24) is 4.98 Å². The van der Waals surface area contributed by atoms with Gasteiger partial charge in [0.2, 0.25) is 0 Å². The highest BCUT2D eigenvalue weighted by atomic mass is 35.5. The van der Waals surface area contributed by atoms with E-state index in [-0.39, 0.29) is 17.6 Å². The van der Waals surface area contributed by atoms with Gasteiger partial charge in [0.25, 0.3) is 5.91 Å². The van der Waals surface area contributed by atoms with Gasteiger partial charge in [0.05, 0.1) is 6.61 Å². The first kappa shape index (κ1) is 13.4. The van der Waals surface area contributed by atoms with Crippen LogP contribution in [-0.2, 0) is 14.3 Å². The number of pyridine rings is 1. The summed E-state index contributed by atoms with van der Waals surface area (Å²) in [6.45, 7) is 1.79. The molecule has 1 amide bonds. The van der Waals surface area contributed by atoms with Crippen LogP contribution in [0.2, 0.25) is 5.15 Å². The average Bonchev–Trinajstić information content (AvgIpc) is 2.28. The molecule has 3 N–H and O–H groups in total. The van der Waals surface area contributed by atoms with E-state index in [9.17, 15) is 9.59 Å². The number of nitrogens with one attached hydrogen (secondary N) is 1. The normalized spacial score (nSPS) is 11.7. The van der Waals surface area contributed by atoms with Crippen molar-refractivity contribution in [2.75, 3.05) is 11.9 Å². The second kappa shape index (κ2) is 6.17. The van der Waals surface area contributed by atoms with Gasteiger partial charge >= 0.3 is 5.97 Å². The zero-order valence-corrected chi connectivity index (χ0v) is 9.90. The zero-order chi connectivity index (χ0) is 12.8. The Labute approximate surface area is 103 Å². The Morgan fingerprint density at radius 1 is 1.59 bits per heavy atom. The Bertz CT molecular complexity index is 425. The van der Waals surface area contributed by atoms with E-state index >= 15 is 0 Å². The molecule has 1 atom stereocenters. The lowest BCUT2D eigenvalue weighted by Crippen LogP contribution is -2.43. The summed E-state index contributed by atoms with van der Waals surface area (Å²) in [6.07, 6.45) is 0. The van der Waals surface area contributed by atoms with Crippen molar-refractivity contribution in [3.63, 3.8) is 0 Å². The fourth-order valence-electron chi connectivity index (χ4n) is 1.02. The van der Waals surface area contributed by atoms with Gasteiger partial charge in [-0.25, -0.2) is 9.78 Å². The molecule has 0 aromatic carbocycles. The Morgan fingerprint density at radius 3 is 2.88 bits per heavy atom. The molecule has 1 aromatic heterocycles. The number of aromatic nitrogens is 1. The van der Waals surface area contributed by atoms with E-state index in [0.29, 0.717) is 0 Å². The third kappa shape index (κ3) is 4.01. The number of carbonyl (C=O) groups is 2. The van der Waals surface area contributed by atoms with Gasteiger partial charge in [0.15, 0.2) is 6.04 Å². The first-order chi connectivity index (χ1) is 8.04. The van der Waals surface area contributed by atoms with Gasteiger partial charge in [0, 0.05) is 0 Å². The smallest absolute Gasteiger partial charge is 0.332 e. The second-order valence-corrected chi connectivity index (χ2v) is 3.45. The van der Waals surface area contributed by atoms with Crippen LogP contribution in [0, 0.1) is 0 Å². The van der Waals surface area contributed by atoms with Gasteiger partial charge in [-0.1, -0.05) is 17.7 Å². The summed E-state index contributed by atoms with van der Waals surface area (Å²) in [5.74, 6) is -1.26. The SMILES string of the molecule is CCOC(=O)C(N)C(=O)Nc1cccc(Cl)n1. The third-order valence-electron chi connectivity index (χ3n) is 1.79. The van der Waals surface area contributed by atoms with Gasteiger partial charge in [-0.3, -0.25) is 4.79 Å². The van der Waals surface area contributed by atoms with E-state index in [2.05, 4.69) is 15.0 Å². The molecule has 1 heterocycles. The maximum atomic E-state index is 11.5. The van der Waals surface area contributed by atoms with Crippen molar-refractivity contribution in [1.29, 1.82) is 0 Å². The largest absolute Gasteiger partial charge is 0.464 e. The highest BCUT2D eigenvalue weighted by Gasteiger charge is 2.23. The van der Waals surface area contributed by atoms with E-state index in [0.717, 1.165) is 0 Å². The predicted octanol–water partition coefficient (Wildman–Crippen LogP) is 0.564. The minimum atomic E-state index is -1.38. The number of nitrogens with two attached hydrogens (primary N) is 1. The molecule has 92 valence electrons. The highest BCUT2D eigenvalue weighted by Crippen LogP contribution is 2.09. The van der Waals surface area contributed by atoms with Gasteiger partial charge < -0.3 is 15.8 Å². The number of ether oxygens (including phenoxy) is 1. The van der Waals surface area contributed by atoms with E-state index in [1.54, 1.807) is 19.1 Å². The Kier molecular flexibility index (Phi) is 4.86. The predicted molar refractivity (Wildman–Crippen MR) is 62.5 cm³/mol. The molecule has 17 heavy (non-hydrogen) atoms. The quantitative estimate of drug-likeness (QED) is 0.467. The number of anilines is 1. The minimum Gasteiger partial charge on any atom is -0.464 e. The van der Waals surface area contributed by atoms with Crippen LogP contribution >= 0.6 is 11.6 Å². The molecule has 1 rings (SSSR count). The second-order valence-electron chi connectivity index (χ2n) is 3.06. The maximum Gasteiger partial charge on any atom is 0.332 e. The van der Waals surface area contributed by atoms with E-state index < -0.39 is 17.9 Å². The van der Waals surface area contributed by atoms with E-state index in [1.807, 2.05) is 0 Å². The summed E-state index contributed by atoms with van der Waals surface area (Å²) >= 11 is 5.63. The van der Waals surface area contributed by atoms with Crippen molar-refractivity contribution >= 4 is 29.3 Å². The topological polar surface area (TPSA) is 94.3 Å². The fourth-order valence-corrected chi connectivity index (χ4v) is 1.18. The Morgan fingerprint density at radius 2 is 2.29 bits per heavy atom. The van der Waals surface area contributed by atoms with Crippen LogP contribution in [0.1, 0.15) is 6.92 Å². The maximum absolute atomic E-state index is 11.5. The van der Waals surface area contributed by atoms with Crippen molar-refractivity contribution < 1.29 is 14.3 Å². The number of hydrogen-bond acceptors (Lipinski definition) is 5. The average molecular weight is 258 g/mol. The molecular weight excluding hydrogens is 246 g/mol. The molecular formula is C10H12ClN3O3. The summed E-state index contributed by atoms with van der Waals surface area (Å²) in [4.78, 5) is 26.5. The van der Waals surface area contributed by atoms with Crippen LogP contribution in [0.15, 0.2) is 18.2 Å². The summed E-state index contributed by atoms with van der Waals surface area (Å²) in [5.41, 5.74) is 5.39. The van der Waals surface area contributed by atoms with Crippen LogP contribution in [0.4, 0.5) is 5.82 Å². The molecule has 0 radical (unpaired) electrons. The first-order valence-corrected chi connectivity index (χ1v) is 5.28. The molecule has 0 saturated carbocycles. The molecule has 1 unspecified atom stereocenters. The molecule has 0 aliphatic rings. The van der Waals surface area contributed by atoms with Crippen molar-refractivity contribution in [3.05, 3.63) is 23.4 Å². The molecule has 7 heteroatoms. The van der Waals surface area contributed by atoms with Crippen LogP contribution < -0.4 is 11.1 Å². The number of halogens is 1. The highest BCUT2D eigenvalue weighted by molar-refractivity contribution is 6.29. The molecule has 0 spiro atoms. The Balaban J connectivity index is 2.63. The number of amides is 1. The zero-order valence-electron chi connectivity index (χ0n) is 9.14. The molecule has 0 bridgehead atoms. The summed E-state index contributed by atoms with van der Waals surface area (Å²) in [6, 6.07) is 3.32. The molecule has 0 fully saturated rings. The summed E-state index contributed by atoms with van der Waals surface area (Å²) in [7, 11) is 0. The molecule has 0 aliphatic carbocycles. The van der Waals surface area contributed by atoms with Gasteiger partial charge in [-0.2, -0.15) is 0 Å². The third-order valence-corrected chi connectivity index (χ3v) is 2.00. The molecule has 0 saturated heterocycles. The van der Waals surface area contributed by atoms with Gasteiger partial charge in [0.1, 0.15) is 11.0 Å². The van der Waals surface area contributed by atoms with Crippen LogP contribution in [0.3, 0.4) is 0 Å². The van der Waals surface area contributed by atoms with Crippen LogP contribution in [0.25, 0.3) is 0 Å². The number of esters is 1. The van der Waals surface area contributed by atoms with Crippen molar-refractivity contribution in [2.45, 2.75) is 13.0 Å². The number of hydrogen-bond donors (Lipinski definition) is 2. The lowest BCUT2D eigenvalue weighted by Gasteiger charge is -2.10. The lowest BCUT2D eigenvalue weighted by atomic mass is 10.3. The summed E-state index contributed by atoms with van der Waals surface area (Å²) in [5, 5.41) is 2.59. The summed E-state index contributed by atoms with van der Waals surface area (Å²) < 4.78 is 4.61.